The molecule has 4 heteroatoms. The molecule has 22 heavy (non-hydrogen) atoms. The zero-order valence-corrected chi connectivity index (χ0v) is 12.8. The van der Waals surface area contributed by atoms with Crippen molar-refractivity contribution in [1.82, 2.24) is 0 Å². The van der Waals surface area contributed by atoms with Gasteiger partial charge in [-0.05, 0) is 37.1 Å². The van der Waals surface area contributed by atoms with Crippen molar-refractivity contribution in [3.05, 3.63) is 58.7 Å². The number of aliphatic carboxylic acids is 1. The number of hydrogen-bond donors (Lipinski definition) is 2. The van der Waals surface area contributed by atoms with Crippen LogP contribution in [0, 0.1) is 13.8 Å². The molecule has 2 rings (SSSR count). The molecule has 2 aromatic rings. The van der Waals surface area contributed by atoms with Crippen LogP contribution < -0.4 is 4.74 Å². The summed E-state index contributed by atoms with van der Waals surface area (Å²) in [6.07, 6.45) is 1.46. The van der Waals surface area contributed by atoms with Crippen LogP contribution >= 0.6 is 0 Å². The topological polar surface area (TPSA) is 66.8 Å². The van der Waals surface area contributed by atoms with Gasteiger partial charge in [0.05, 0.1) is 12.7 Å². The molecular formula is C18H18O4. The molecule has 0 bridgehead atoms. The molecule has 114 valence electrons. The quantitative estimate of drug-likeness (QED) is 0.668. The van der Waals surface area contributed by atoms with Gasteiger partial charge in [0.15, 0.2) is 11.5 Å². The van der Waals surface area contributed by atoms with E-state index in [1.165, 1.54) is 13.2 Å². The van der Waals surface area contributed by atoms with E-state index in [1.807, 2.05) is 26.0 Å². The molecule has 0 aliphatic carbocycles. The summed E-state index contributed by atoms with van der Waals surface area (Å²) in [5.41, 5.74) is 3.09. The average Bonchev–Trinajstić information content (AvgIpc) is 2.47. The van der Waals surface area contributed by atoms with Crippen molar-refractivity contribution in [1.29, 1.82) is 0 Å². The van der Waals surface area contributed by atoms with Crippen LogP contribution in [0.3, 0.4) is 0 Å². The Hall–Kier alpha value is -2.75. The first-order valence-electron chi connectivity index (χ1n) is 6.82. The van der Waals surface area contributed by atoms with Gasteiger partial charge in [-0.3, -0.25) is 0 Å². The molecule has 0 heterocycles. The molecule has 2 N–H and O–H groups in total. The summed E-state index contributed by atoms with van der Waals surface area (Å²) in [5, 5.41) is 19.6. The van der Waals surface area contributed by atoms with E-state index in [9.17, 15) is 15.0 Å². The van der Waals surface area contributed by atoms with Gasteiger partial charge < -0.3 is 14.9 Å². The number of ether oxygens (including phenoxy) is 1. The number of aromatic hydroxyl groups is 1. The first-order chi connectivity index (χ1) is 10.4. The number of benzene rings is 2. The van der Waals surface area contributed by atoms with Crippen LogP contribution in [0.25, 0.3) is 11.6 Å². The number of para-hydroxylation sites is 1. The summed E-state index contributed by atoms with van der Waals surface area (Å²) in [6.45, 7) is 3.82. The van der Waals surface area contributed by atoms with E-state index in [0.29, 0.717) is 16.9 Å². The Labute approximate surface area is 129 Å². The molecule has 0 aromatic heterocycles. The van der Waals surface area contributed by atoms with Crippen LogP contribution in [0.2, 0.25) is 0 Å². The van der Waals surface area contributed by atoms with Gasteiger partial charge >= 0.3 is 5.97 Å². The Morgan fingerprint density at radius 2 is 1.91 bits per heavy atom. The molecule has 0 aliphatic heterocycles. The van der Waals surface area contributed by atoms with Crippen molar-refractivity contribution >= 4 is 17.6 Å². The Morgan fingerprint density at radius 1 is 1.18 bits per heavy atom. The standard InChI is InChI=1S/C18H18O4/c1-11-7-8-14(12(2)9-11)15(18(20)21)10-13-5-4-6-16(22-3)17(13)19/h4-10,19H,1-3H3,(H,20,21)/b15-10-. The molecule has 4 nitrogen and oxygen atoms in total. The first kappa shape index (κ1) is 15.6. The Morgan fingerprint density at radius 3 is 2.50 bits per heavy atom. The summed E-state index contributed by atoms with van der Waals surface area (Å²) >= 11 is 0. The third kappa shape index (κ3) is 3.11. The van der Waals surface area contributed by atoms with Gasteiger partial charge in [0, 0.05) is 5.56 Å². The van der Waals surface area contributed by atoms with Crippen LogP contribution in [-0.2, 0) is 4.79 Å². The molecule has 0 saturated carbocycles. The molecule has 0 atom stereocenters. The van der Waals surface area contributed by atoms with Crippen molar-refractivity contribution in [2.24, 2.45) is 0 Å². The molecular weight excluding hydrogens is 280 g/mol. The third-order valence-corrected chi connectivity index (χ3v) is 3.45. The zero-order chi connectivity index (χ0) is 16.3. The molecule has 2 aromatic carbocycles. The number of phenolic OH excluding ortho intramolecular Hbond substituents is 1. The molecule has 0 amide bonds. The number of carbonyl (C=O) groups is 1. The maximum absolute atomic E-state index is 11.6. The summed E-state index contributed by atoms with van der Waals surface area (Å²) < 4.78 is 5.05. The number of hydrogen-bond acceptors (Lipinski definition) is 3. The number of rotatable bonds is 4. The molecule has 0 aliphatic rings. The second-order valence-electron chi connectivity index (χ2n) is 5.08. The summed E-state index contributed by atoms with van der Waals surface area (Å²) in [5.74, 6) is -0.818. The highest BCUT2D eigenvalue weighted by Gasteiger charge is 2.15. The fourth-order valence-corrected chi connectivity index (χ4v) is 2.35. The predicted molar refractivity (Wildman–Crippen MR) is 86.1 cm³/mol. The number of aryl methyl sites for hydroxylation is 2. The van der Waals surface area contributed by atoms with Crippen molar-refractivity contribution in [2.75, 3.05) is 7.11 Å². The highest BCUT2D eigenvalue weighted by atomic mass is 16.5. The lowest BCUT2D eigenvalue weighted by Gasteiger charge is -2.10. The number of carboxylic acid groups (broad SMARTS) is 1. The Kier molecular flexibility index (Phi) is 4.51. The van der Waals surface area contributed by atoms with E-state index < -0.39 is 5.97 Å². The first-order valence-corrected chi connectivity index (χ1v) is 6.82. The normalized spacial score (nSPS) is 11.3. The SMILES string of the molecule is COc1cccc(/C=C(\C(=O)O)c2ccc(C)cc2C)c1O. The van der Waals surface area contributed by atoms with Crippen LogP contribution in [0.4, 0.5) is 0 Å². The lowest BCUT2D eigenvalue weighted by atomic mass is 9.96. The molecule has 0 unspecified atom stereocenters. The molecule has 0 radical (unpaired) electrons. The highest BCUT2D eigenvalue weighted by molar-refractivity contribution is 6.21. The molecule has 0 spiro atoms. The van der Waals surface area contributed by atoms with Gasteiger partial charge in [0.25, 0.3) is 0 Å². The minimum atomic E-state index is -1.05. The van der Waals surface area contributed by atoms with E-state index in [1.54, 1.807) is 24.3 Å². The fraction of sp³-hybridized carbons (Fsp3) is 0.167. The fourth-order valence-electron chi connectivity index (χ4n) is 2.35. The Balaban J connectivity index is 2.60. The summed E-state index contributed by atoms with van der Waals surface area (Å²) in [6, 6.07) is 10.5. The largest absolute Gasteiger partial charge is 0.504 e. The van der Waals surface area contributed by atoms with Crippen molar-refractivity contribution < 1.29 is 19.7 Å². The highest BCUT2D eigenvalue weighted by Crippen LogP contribution is 2.33. The lowest BCUT2D eigenvalue weighted by Crippen LogP contribution is -2.02. The average molecular weight is 298 g/mol. The van der Waals surface area contributed by atoms with Gasteiger partial charge in [-0.1, -0.05) is 35.9 Å². The monoisotopic (exact) mass is 298 g/mol. The van der Waals surface area contributed by atoms with Crippen molar-refractivity contribution in [3.8, 4) is 11.5 Å². The second-order valence-corrected chi connectivity index (χ2v) is 5.08. The van der Waals surface area contributed by atoms with E-state index in [4.69, 9.17) is 4.74 Å². The summed E-state index contributed by atoms with van der Waals surface area (Å²) in [7, 11) is 1.45. The summed E-state index contributed by atoms with van der Waals surface area (Å²) in [4.78, 5) is 11.6. The number of phenols is 1. The van der Waals surface area contributed by atoms with Crippen molar-refractivity contribution in [3.63, 3.8) is 0 Å². The zero-order valence-electron chi connectivity index (χ0n) is 12.8. The van der Waals surface area contributed by atoms with Gasteiger partial charge in [-0.15, -0.1) is 0 Å². The van der Waals surface area contributed by atoms with Crippen molar-refractivity contribution in [2.45, 2.75) is 13.8 Å². The van der Waals surface area contributed by atoms with Crippen LogP contribution in [0.1, 0.15) is 22.3 Å². The van der Waals surface area contributed by atoms with Crippen LogP contribution in [0.5, 0.6) is 11.5 Å². The second kappa shape index (κ2) is 6.35. The van der Waals surface area contributed by atoms with Gasteiger partial charge in [0.2, 0.25) is 0 Å². The predicted octanol–water partition coefficient (Wildman–Crippen LogP) is 3.64. The van der Waals surface area contributed by atoms with E-state index in [2.05, 4.69) is 0 Å². The molecule has 0 fully saturated rings. The van der Waals surface area contributed by atoms with E-state index in [-0.39, 0.29) is 11.3 Å². The molecule has 0 saturated heterocycles. The van der Waals surface area contributed by atoms with Gasteiger partial charge in [-0.2, -0.15) is 0 Å². The third-order valence-electron chi connectivity index (χ3n) is 3.45. The maximum Gasteiger partial charge on any atom is 0.336 e. The van der Waals surface area contributed by atoms with Crippen LogP contribution in [-0.4, -0.2) is 23.3 Å². The maximum atomic E-state index is 11.6. The lowest BCUT2D eigenvalue weighted by molar-refractivity contribution is -0.130. The van der Waals surface area contributed by atoms with Crippen LogP contribution in [0.15, 0.2) is 36.4 Å². The van der Waals surface area contributed by atoms with E-state index >= 15 is 0 Å². The smallest absolute Gasteiger partial charge is 0.336 e. The van der Waals surface area contributed by atoms with Gasteiger partial charge in [-0.25, -0.2) is 4.79 Å². The van der Waals surface area contributed by atoms with E-state index in [0.717, 1.165) is 11.1 Å². The number of methoxy groups -OCH3 is 1. The Bertz CT molecular complexity index is 745. The minimum Gasteiger partial charge on any atom is -0.504 e. The number of carboxylic acids is 1. The van der Waals surface area contributed by atoms with Gasteiger partial charge in [0.1, 0.15) is 0 Å². The minimum absolute atomic E-state index is 0.0754.